The molecule has 0 aliphatic heterocycles. The van der Waals surface area contributed by atoms with Crippen molar-refractivity contribution in [3.05, 3.63) is 35.6 Å². The summed E-state index contributed by atoms with van der Waals surface area (Å²) in [5.41, 5.74) is 0.778. The molecule has 0 aromatic heterocycles. The van der Waals surface area contributed by atoms with E-state index in [4.69, 9.17) is 4.74 Å². The average molecular weight is 297 g/mol. The maximum atomic E-state index is 12.7. The zero-order valence-corrected chi connectivity index (χ0v) is 11.7. The Labute approximate surface area is 121 Å². The van der Waals surface area contributed by atoms with Crippen LogP contribution in [0.1, 0.15) is 18.9 Å². The zero-order chi connectivity index (χ0) is 15.8. The monoisotopic (exact) mass is 297 g/mol. The number of methoxy groups -OCH3 is 1. The Hall–Kier alpha value is -2.44. The van der Waals surface area contributed by atoms with Crippen LogP contribution in [-0.2, 0) is 25.5 Å². The van der Waals surface area contributed by atoms with Crippen molar-refractivity contribution in [1.29, 1.82) is 0 Å². The van der Waals surface area contributed by atoms with Crippen molar-refractivity contribution in [2.24, 2.45) is 0 Å². The molecule has 7 heteroatoms. The maximum Gasteiger partial charge on any atom is 0.413 e. The molecule has 1 rings (SSSR count). The van der Waals surface area contributed by atoms with E-state index in [1.807, 2.05) is 5.32 Å². The van der Waals surface area contributed by atoms with Gasteiger partial charge in [0.2, 0.25) is 0 Å². The van der Waals surface area contributed by atoms with Crippen molar-refractivity contribution in [3.63, 3.8) is 0 Å². The van der Waals surface area contributed by atoms with Crippen LogP contribution in [0.15, 0.2) is 24.3 Å². The number of aryl methyl sites for hydroxylation is 1. The lowest BCUT2D eigenvalue weighted by molar-refractivity contribution is -0.154. The summed E-state index contributed by atoms with van der Waals surface area (Å²) >= 11 is 0. The smallest absolute Gasteiger partial charge is 0.413 e. The lowest BCUT2D eigenvalue weighted by Crippen LogP contribution is -2.39. The van der Waals surface area contributed by atoms with Gasteiger partial charge in [-0.3, -0.25) is 14.9 Å². The summed E-state index contributed by atoms with van der Waals surface area (Å²) in [6.07, 6.45) is -1.62. The number of carbonyl (C=O) groups is 3. The summed E-state index contributed by atoms with van der Waals surface area (Å²) in [5, 5.41) is 1.90. The summed E-state index contributed by atoms with van der Waals surface area (Å²) in [5.74, 6) is -1.71. The molecule has 21 heavy (non-hydrogen) atoms. The van der Waals surface area contributed by atoms with Crippen molar-refractivity contribution in [2.45, 2.75) is 25.9 Å². The van der Waals surface area contributed by atoms with E-state index in [0.717, 1.165) is 12.7 Å². The van der Waals surface area contributed by atoms with Crippen molar-refractivity contribution in [2.75, 3.05) is 7.11 Å². The van der Waals surface area contributed by atoms with Gasteiger partial charge in [0, 0.05) is 6.42 Å². The number of benzene rings is 1. The molecular weight excluding hydrogens is 281 g/mol. The molecule has 0 saturated carbocycles. The van der Waals surface area contributed by atoms with Gasteiger partial charge in [-0.05, 0) is 31.0 Å². The Kier molecular flexibility index (Phi) is 6.32. The first kappa shape index (κ1) is 16.6. The molecule has 0 saturated heterocycles. The molecule has 0 heterocycles. The van der Waals surface area contributed by atoms with Crippen LogP contribution in [-0.4, -0.2) is 31.2 Å². The van der Waals surface area contributed by atoms with E-state index in [9.17, 15) is 18.8 Å². The van der Waals surface area contributed by atoms with Crippen LogP contribution in [0.2, 0.25) is 0 Å². The van der Waals surface area contributed by atoms with Gasteiger partial charge in [-0.15, -0.1) is 0 Å². The minimum absolute atomic E-state index is 0.0431. The van der Waals surface area contributed by atoms with E-state index in [-0.39, 0.29) is 12.2 Å². The standard InChI is InChI=1S/C14H16FNO5/c1-9(13(18)16-14(19)20-2)21-12(17)8-5-10-3-6-11(15)7-4-10/h3-4,6-7,9H,5,8H2,1-2H3,(H,16,18,19)/t9-/m1/s1. The highest BCUT2D eigenvalue weighted by molar-refractivity contribution is 5.94. The molecule has 0 bridgehead atoms. The fraction of sp³-hybridized carbons (Fsp3) is 0.357. The first-order chi connectivity index (χ1) is 9.92. The van der Waals surface area contributed by atoms with E-state index in [1.54, 1.807) is 12.1 Å². The molecule has 1 atom stereocenters. The van der Waals surface area contributed by atoms with Crippen LogP contribution in [0.5, 0.6) is 0 Å². The lowest BCUT2D eigenvalue weighted by atomic mass is 10.1. The number of imide groups is 1. The molecule has 0 aliphatic carbocycles. The fourth-order valence-electron chi connectivity index (χ4n) is 1.46. The highest BCUT2D eigenvalue weighted by Gasteiger charge is 2.19. The summed E-state index contributed by atoms with van der Waals surface area (Å²) < 4.78 is 21.8. The number of nitrogens with one attached hydrogen (secondary N) is 1. The topological polar surface area (TPSA) is 81.7 Å². The van der Waals surface area contributed by atoms with Crippen LogP contribution in [0.4, 0.5) is 9.18 Å². The molecule has 2 amide bonds. The van der Waals surface area contributed by atoms with Crippen molar-refractivity contribution in [1.82, 2.24) is 5.32 Å². The van der Waals surface area contributed by atoms with Gasteiger partial charge in [-0.25, -0.2) is 9.18 Å². The summed E-state index contributed by atoms with van der Waals surface area (Å²) in [7, 11) is 1.11. The normalized spacial score (nSPS) is 11.4. The predicted octanol–water partition coefficient (Wildman–Crippen LogP) is 1.57. The molecule has 0 radical (unpaired) electrons. The number of halogens is 1. The lowest BCUT2D eigenvalue weighted by Gasteiger charge is -2.12. The van der Waals surface area contributed by atoms with Crippen LogP contribution in [0.3, 0.4) is 0 Å². The van der Waals surface area contributed by atoms with Crippen LogP contribution in [0.25, 0.3) is 0 Å². The minimum Gasteiger partial charge on any atom is -0.453 e. The Bertz CT molecular complexity index is 515. The number of alkyl carbamates (subject to hydrolysis) is 1. The van der Waals surface area contributed by atoms with Gasteiger partial charge in [0.05, 0.1) is 7.11 Å². The highest BCUT2D eigenvalue weighted by atomic mass is 19.1. The summed E-state index contributed by atoms with van der Waals surface area (Å²) in [4.78, 5) is 33.8. The number of amides is 2. The number of rotatable bonds is 5. The Morgan fingerprint density at radius 3 is 2.43 bits per heavy atom. The van der Waals surface area contributed by atoms with E-state index in [1.165, 1.54) is 19.1 Å². The van der Waals surface area contributed by atoms with Crippen LogP contribution < -0.4 is 5.32 Å². The first-order valence-corrected chi connectivity index (χ1v) is 6.25. The van der Waals surface area contributed by atoms with E-state index >= 15 is 0 Å². The molecule has 0 fully saturated rings. The van der Waals surface area contributed by atoms with Gasteiger partial charge < -0.3 is 9.47 Å². The van der Waals surface area contributed by atoms with Crippen molar-refractivity contribution >= 4 is 18.0 Å². The summed E-state index contributed by atoms with van der Waals surface area (Å²) in [6, 6.07) is 5.73. The number of hydrogen-bond acceptors (Lipinski definition) is 5. The van der Waals surface area contributed by atoms with Gasteiger partial charge in [0.25, 0.3) is 5.91 Å². The highest BCUT2D eigenvalue weighted by Crippen LogP contribution is 2.07. The second kappa shape index (κ2) is 7.98. The molecule has 1 aromatic carbocycles. The predicted molar refractivity (Wildman–Crippen MR) is 70.8 cm³/mol. The first-order valence-electron chi connectivity index (χ1n) is 6.25. The van der Waals surface area contributed by atoms with Gasteiger partial charge in [-0.1, -0.05) is 12.1 Å². The molecule has 1 N–H and O–H groups in total. The van der Waals surface area contributed by atoms with E-state index in [0.29, 0.717) is 6.42 Å². The fourth-order valence-corrected chi connectivity index (χ4v) is 1.46. The largest absolute Gasteiger partial charge is 0.453 e. The van der Waals surface area contributed by atoms with Crippen LogP contribution in [0, 0.1) is 5.82 Å². The van der Waals surface area contributed by atoms with Crippen molar-refractivity contribution in [3.8, 4) is 0 Å². The molecule has 0 spiro atoms. The molecule has 114 valence electrons. The molecule has 1 aromatic rings. The third kappa shape index (κ3) is 6.03. The Morgan fingerprint density at radius 1 is 1.24 bits per heavy atom. The Morgan fingerprint density at radius 2 is 1.86 bits per heavy atom. The van der Waals surface area contributed by atoms with Crippen molar-refractivity contribution < 1.29 is 28.2 Å². The molecule has 6 nitrogen and oxygen atoms in total. The van der Waals surface area contributed by atoms with Gasteiger partial charge in [-0.2, -0.15) is 0 Å². The van der Waals surface area contributed by atoms with E-state index < -0.39 is 24.1 Å². The minimum atomic E-state index is -1.11. The zero-order valence-electron chi connectivity index (χ0n) is 11.7. The number of ether oxygens (including phenoxy) is 2. The molecule has 0 aliphatic rings. The third-order valence-electron chi connectivity index (χ3n) is 2.62. The number of carbonyl (C=O) groups excluding carboxylic acids is 3. The van der Waals surface area contributed by atoms with Gasteiger partial charge in [0.1, 0.15) is 5.82 Å². The molecule has 0 unspecified atom stereocenters. The third-order valence-corrected chi connectivity index (χ3v) is 2.62. The van der Waals surface area contributed by atoms with Gasteiger partial charge in [0.15, 0.2) is 6.10 Å². The van der Waals surface area contributed by atoms with Crippen LogP contribution >= 0.6 is 0 Å². The Balaban J connectivity index is 2.37. The van der Waals surface area contributed by atoms with E-state index in [2.05, 4.69) is 4.74 Å². The average Bonchev–Trinajstić information content (AvgIpc) is 2.46. The SMILES string of the molecule is COC(=O)NC(=O)[C@@H](C)OC(=O)CCc1ccc(F)cc1. The second-order valence-electron chi connectivity index (χ2n) is 4.24. The second-order valence-corrected chi connectivity index (χ2v) is 4.24. The molecular formula is C14H16FNO5. The quantitative estimate of drug-likeness (QED) is 0.834. The number of esters is 1. The number of hydrogen-bond donors (Lipinski definition) is 1. The van der Waals surface area contributed by atoms with Gasteiger partial charge >= 0.3 is 12.1 Å². The maximum absolute atomic E-state index is 12.7. The summed E-state index contributed by atoms with van der Waals surface area (Å²) in [6.45, 7) is 1.34.